The minimum Gasteiger partial charge on any atom is -0.378 e. The standard InChI is InChI=1S/C12H13BrN2O/c13-8-1-2-11-9(5-8)10(6-15-11)12-7-16-4-3-14-12/h1-2,5-6,12,14-15H,3-4,7H2/t12-/m0/s1. The first-order valence-corrected chi connectivity index (χ1v) is 6.21. The van der Waals surface area contributed by atoms with Crippen LogP contribution in [0, 0.1) is 0 Å². The maximum atomic E-state index is 5.50. The second kappa shape index (κ2) is 4.20. The van der Waals surface area contributed by atoms with E-state index in [1.54, 1.807) is 0 Å². The van der Waals surface area contributed by atoms with E-state index in [9.17, 15) is 0 Å². The van der Waals surface area contributed by atoms with Crippen LogP contribution in [0.4, 0.5) is 0 Å². The lowest BCUT2D eigenvalue weighted by molar-refractivity contribution is 0.0773. The lowest BCUT2D eigenvalue weighted by atomic mass is 10.1. The maximum absolute atomic E-state index is 5.50. The molecule has 2 heterocycles. The molecule has 0 aliphatic carbocycles. The number of hydrogen-bond donors (Lipinski definition) is 2. The first-order valence-electron chi connectivity index (χ1n) is 5.42. The molecule has 0 unspecified atom stereocenters. The van der Waals surface area contributed by atoms with Crippen molar-refractivity contribution < 1.29 is 4.74 Å². The molecule has 3 rings (SSSR count). The van der Waals surface area contributed by atoms with Crippen LogP contribution in [-0.2, 0) is 4.74 Å². The maximum Gasteiger partial charge on any atom is 0.0662 e. The van der Waals surface area contributed by atoms with Gasteiger partial charge in [0.1, 0.15) is 0 Å². The lowest BCUT2D eigenvalue weighted by Crippen LogP contribution is -2.34. The molecule has 1 fully saturated rings. The molecule has 2 N–H and O–H groups in total. The van der Waals surface area contributed by atoms with Crippen molar-refractivity contribution in [3.8, 4) is 0 Å². The molecule has 0 bridgehead atoms. The number of aromatic amines is 1. The van der Waals surface area contributed by atoms with Crippen LogP contribution in [0.2, 0.25) is 0 Å². The van der Waals surface area contributed by atoms with Crippen molar-refractivity contribution in [1.29, 1.82) is 0 Å². The van der Waals surface area contributed by atoms with E-state index >= 15 is 0 Å². The van der Waals surface area contributed by atoms with Crippen LogP contribution < -0.4 is 5.32 Å². The van der Waals surface area contributed by atoms with Crippen molar-refractivity contribution in [2.24, 2.45) is 0 Å². The van der Waals surface area contributed by atoms with Gasteiger partial charge in [-0.3, -0.25) is 0 Å². The third kappa shape index (κ3) is 1.77. The summed E-state index contributed by atoms with van der Waals surface area (Å²) in [6.07, 6.45) is 2.07. The van der Waals surface area contributed by atoms with E-state index in [4.69, 9.17) is 4.74 Å². The Balaban J connectivity index is 2.05. The third-order valence-corrected chi connectivity index (χ3v) is 3.47. The van der Waals surface area contributed by atoms with E-state index in [0.717, 1.165) is 24.2 Å². The number of benzene rings is 1. The Morgan fingerprint density at radius 3 is 3.12 bits per heavy atom. The molecular formula is C12H13BrN2O. The van der Waals surface area contributed by atoms with E-state index in [1.807, 2.05) is 6.07 Å². The molecule has 0 spiro atoms. The highest BCUT2D eigenvalue weighted by Crippen LogP contribution is 2.27. The van der Waals surface area contributed by atoms with E-state index in [1.165, 1.54) is 16.5 Å². The second-order valence-electron chi connectivity index (χ2n) is 4.02. The highest BCUT2D eigenvalue weighted by atomic mass is 79.9. The van der Waals surface area contributed by atoms with Crippen molar-refractivity contribution in [3.05, 3.63) is 34.4 Å². The van der Waals surface area contributed by atoms with Gasteiger partial charge < -0.3 is 15.0 Å². The smallest absolute Gasteiger partial charge is 0.0662 e. The molecule has 1 aliphatic rings. The fraction of sp³-hybridized carbons (Fsp3) is 0.333. The van der Waals surface area contributed by atoms with Crippen LogP contribution in [0.15, 0.2) is 28.9 Å². The summed E-state index contributed by atoms with van der Waals surface area (Å²) in [6.45, 7) is 2.48. The van der Waals surface area contributed by atoms with Gasteiger partial charge in [-0.1, -0.05) is 15.9 Å². The van der Waals surface area contributed by atoms with Crippen LogP contribution in [0.3, 0.4) is 0 Å². The quantitative estimate of drug-likeness (QED) is 0.843. The predicted molar refractivity (Wildman–Crippen MR) is 67.6 cm³/mol. The van der Waals surface area contributed by atoms with Gasteiger partial charge in [-0.05, 0) is 23.8 Å². The Morgan fingerprint density at radius 2 is 2.31 bits per heavy atom. The summed E-state index contributed by atoms with van der Waals surface area (Å²) in [5.41, 5.74) is 2.46. The van der Waals surface area contributed by atoms with Crippen molar-refractivity contribution in [2.45, 2.75) is 6.04 Å². The zero-order valence-electron chi connectivity index (χ0n) is 8.79. The summed E-state index contributed by atoms with van der Waals surface area (Å²) in [5.74, 6) is 0. The number of nitrogens with one attached hydrogen (secondary N) is 2. The molecule has 2 aromatic rings. The number of rotatable bonds is 1. The molecule has 0 radical (unpaired) electrons. The fourth-order valence-electron chi connectivity index (χ4n) is 2.17. The van der Waals surface area contributed by atoms with Gasteiger partial charge in [-0.2, -0.15) is 0 Å². The van der Waals surface area contributed by atoms with Crippen LogP contribution in [-0.4, -0.2) is 24.7 Å². The first kappa shape index (κ1) is 10.3. The minimum absolute atomic E-state index is 0.303. The topological polar surface area (TPSA) is 37.0 Å². The van der Waals surface area contributed by atoms with Gasteiger partial charge in [-0.25, -0.2) is 0 Å². The number of hydrogen-bond acceptors (Lipinski definition) is 2. The number of morpholine rings is 1. The number of H-pyrrole nitrogens is 1. The van der Waals surface area contributed by atoms with Crippen molar-refractivity contribution >= 4 is 26.8 Å². The van der Waals surface area contributed by atoms with Gasteiger partial charge in [-0.15, -0.1) is 0 Å². The molecule has 3 nitrogen and oxygen atoms in total. The fourth-order valence-corrected chi connectivity index (χ4v) is 2.53. The normalized spacial score (nSPS) is 21.4. The van der Waals surface area contributed by atoms with Crippen LogP contribution in [0.1, 0.15) is 11.6 Å². The van der Waals surface area contributed by atoms with E-state index in [2.05, 4.69) is 44.6 Å². The van der Waals surface area contributed by atoms with E-state index < -0.39 is 0 Å². The summed E-state index contributed by atoms with van der Waals surface area (Å²) in [5, 5.41) is 4.73. The molecule has 1 atom stereocenters. The molecule has 16 heavy (non-hydrogen) atoms. The second-order valence-corrected chi connectivity index (χ2v) is 4.93. The number of aromatic nitrogens is 1. The van der Waals surface area contributed by atoms with Gasteiger partial charge in [0.2, 0.25) is 0 Å². The van der Waals surface area contributed by atoms with Crippen molar-refractivity contribution in [1.82, 2.24) is 10.3 Å². The van der Waals surface area contributed by atoms with Crippen molar-refractivity contribution in [3.63, 3.8) is 0 Å². The summed E-state index contributed by atoms with van der Waals surface area (Å²) < 4.78 is 6.61. The van der Waals surface area contributed by atoms with Crippen molar-refractivity contribution in [2.75, 3.05) is 19.8 Å². The van der Waals surface area contributed by atoms with Crippen LogP contribution in [0.5, 0.6) is 0 Å². The zero-order chi connectivity index (χ0) is 11.0. The average molecular weight is 281 g/mol. The average Bonchev–Trinajstić information content (AvgIpc) is 2.73. The van der Waals surface area contributed by atoms with Gasteiger partial charge in [0, 0.05) is 28.1 Å². The number of ether oxygens (including phenoxy) is 1. The highest BCUT2D eigenvalue weighted by molar-refractivity contribution is 9.10. The first-order chi connectivity index (χ1) is 7.84. The Labute approximate surface area is 102 Å². The van der Waals surface area contributed by atoms with Crippen LogP contribution in [0.25, 0.3) is 10.9 Å². The monoisotopic (exact) mass is 280 g/mol. The molecule has 1 saturated heterocycles. The molecule has 0 amide bonds. The highest BCUT2D eigenvalue weighted by Gasteiger charge is 2.18. The lowest BCUT2D eigenvalue weighted by Gasteiger charge is -2.23. The van der Waals surface area contributed by atoms with Gasteiger partial charge in [0.25, 0.3) is 0 Å². The third-order valence-electron chi connectivity index (χ3n) is 2.97. The summed E-state index contributed by atoms with van der Waals surface area (Å²) in [6, 6.07) is 6.59. The van der Waals surface area contributed by atoms with Crippen LogP contribution >= 0.6 is 15.9 Å². The molecule has 1 aliphatic heterocycles. The van der Waals surface area contributed by atoms with Gasteiger partial charge in [0.05, 0.1) is 19.3 Å². The summed E-state index contributed by atoms with van der Waals surface area (Å²) in [4.78, 5) is 3.30. The minimum atomic E-state index is 0.303. The number of halogens is 1. The molecule has 0 saturated carbocycles. The largest absolute Gasteiger partial charge is 0.378 e. The number of fused-ring (bicyclic) bond motifs is 1. The van der Waals surface area contributed by atoms with E-state index in [0.29, 0.717) is 6.04 Å². The molecule has 1 aromatic heterocycles. The zero-order valence-corrected chi connectivity index (χ0v) is 10.4. The summed E-state index contributed by atoms with van der Waals surface area (Å²) in [7, 11) is 0. The Hall–Kier alpha value is -0.840. The Bertz CT molecular complexity index is 503. The van der Waals surface area contributed by atoms with Gasteiger partial charge >= 0.3 is 0 Å². The van der Waals surface area contributed by atoms with E-state index in [-0.39, 0.29) is 0 Å². The molecule has 4 heteroatoms. The Morgan fingerprint density at radius 1 is 1.38 bits per heavy atom. The predicted octanol–water partition coefficient (Wildman–Crippen LogP) is 2.59. The van der Waals surface area contributed by atoms with Gasteiger partial charge in [0.15, 0.2) is 0 Å². The molecular weight excluding hydrogens is 268 g/mol. The summed E-state index contributed by atoms with van der Waals surface area (Å²) >= 11 is 3.51. The molecule has 1 aromatic carbocycles. The Kier molecular flexibility index (Phi) is 2.71. The molecule has 84 valence electrons. The SMILES string of the molecule is Brc1ccc2[nH]cc([C@@H]3COCCN3)c2c1.